The Balaban J connectivity index is 2.94. The van der Waals surface area contributed by atoms with Gasteiger partial charge in [0.15, 0.2) is 5.65 Å². The van der Waals surface area contributed by atoms with Gasteiger partial charge in [0.05, 0.1) is 11.4 Å². The minimum atomic E-state index is 0.668. The molecule has 0 aromatic carbocycles. The average molecular weight is 241 g/mol. The van der Waals surface area contributed by atoms with Gasteiger partial charge >= 0.3 is 0 Å². The number of hydrogen-bond acceptors (Lipinski definition) is 3. The van der Waals surface area contributed by atoms with E-state index >= 15 is 0 Å². The van der Waals surface area contributed by atoms with Crippen LogP contribution < -0.4 is 5.73 Å². The molecule has 0 saturated heterocycles. The van der Waals surface area contributed by atoms with E-state index in [1.54, 1.807) is 0 Å². The number of rotatable bonds is 0. The van der Waals surface area contributed by atoms with Gasteiger partial charge in [-0.3, -0.25) is 4.40 Å². The molecule has 2 heterocycles. The van der Waals surface area contributed by atoms with E-state index in [4.69, 9.17) is 5.73 Å². The van der Waals surface area contributed by atoms with Crippen LogP contribution in [-0.4, -0.2) is 14.4 Å². The number of nitrogens with two attached hydrogens (primary N) is 1. The maximum absolute atomic E-state index is 5.83. The molecule has 0 fully saturated rings. The van der Waals surface area contributed by atoms with Gasteiger partial charge in [-0.2, -0.15) is 0 Å². The van der Waals surface area contributed by atoms with E-state index in [1.807, 2.05) is 24.4 Å². The van der Waals surface area contributed by atoms with Crippen molar-refractivity contribution in [3.8, 4) is 0 Å². The maximum atomic E-state index is 5.83. The Morgan fingerprint density at radius 3 is 2.77 bits per heavy atom. The van der Waals surface area contributed by atoms with E-state index < -0.39 is 0 Å². The van der Waals surface area contributed by atoms with Crippen LogP contribution in [0.2, 0.25) is 0 Å². The van der Waals surface area contributed by atoms with Crippen LogP contribution in [0.25, 0.3) is 5.65 Å². The first-order valence-electron chi connectivity index (χ1n) is 3.87. The number of aromatic nitrogens is 3. The zero-order valence-corrected chi connectivity index (χ0v) is 8.96. The molecule has 68 valence electrons. The lowest BCUT2D eigenvalue weighted by atomic mass is 10.5. The monoisotopic (exact) mass is 240 g/mol. The highest BCUT2D eigenvalue weighted by Crippen LogP contribution is 2.20. The topological polar surface area (TPSA) is 56.2 Å². The van der Waals surface area contributed by atoms with Crippen molar-refractivity contribution in [2.45, 2.75) is 13.8 Å². The molecule has 2 aromatic heterocycles. The smallest absolute Gasteiger partial charge is 0.172 e. The van der Waals surface area contributed by atoms with Gasteiger partial charge in [0.1, 0.15) is 10.4 Å². The summed E-state index contributed by atoms with van der Waals surface area (Å²) in [6, 6.07) is 0. The minimum Gasteiger partial charge on any atom is -0.383 e. The molecule has 2 N–H and O–H groups in total. The lowest BCUT2D eigenvalue weighted by Gasteiger charge is -1.99. The standard InChI is InChI=1S/C8H9BrN4/c1-4-3-13-7(10)5(2)12-8(13)6(9)11-4/h3H,10H2,1-2H3. The van der Waals surface area contributed by atoms with Crippen molar-refractivity contribution in [2.24, 2.45) is 0 Å². The molecule has 0 bridgehead atoms. The summed E-state index contributed by atoms with van der Waals surface area (Å²) in [7, 11) is 0. The fourth-order valence-electron chi connectivity index (χ4n) is 1.26. The van der Waals surface area contributed by atoms with Gasteiger partial charge in [-0.15, -0.1) is 0 Å². The third kappa shape index (κ3) is 1.19. The number of halogens is 1. The van der Waals surface area contributed by atoms with Crippen molar-refractivity contribution in [3.63, 3.8) is 0 Å². The van der Waals surface area contributed by atoms with Crippen molar-refractivity contribution >= 4 is 27.4 Å². The molecular weight excluding hydrogens is 232 g/mol. The summed E-state index contributed by atoms with van der Waals surface area (Å²) < 4.78 is 2.56. The Kier molecular flexibility index (Phi) is 1.76. The van der Waals surface area contributed by atoms with Gasteiger partial charge in [-0.05, 0) is 29.8 Å². The van der Waals surface area contributed by atoms with E-state index in [0.29, 0.717) is 5.82 Å². The molecule has 0 radical (unpaired) electrons. The van der Waals surface area contributed by atoms with Crippen LogP contribution in [0.4, 0.5) is 5.82 Å². The Morgan fingerprint density at radius 2 is 2.08 bits per heavy atom. The minimum absolute atomic E-state index is 0.668. The SMILES string of the molecule is Cc1cn2c(N)c(C)nc2c(Br)n1. The largest absolute Gasteiger partial charge is 0.383 e. The summed E-state index contributed by atoms with van der Waals surface area (Å²) in [5, 5.41) is 0. The highest BCUT2D eigenvalue weighted by molar-refractivity contribution is 9.10. The van der Waals surface area contributed by atoms with Crippen LogP contribution in [-0.2, 0) is 0 Å². The summed E-state index contributed by atoms with van der Waals surface area (Å²) >= 11 is 3.35. The van der Waals surface area contributed by atoms with Crippen molar-refractivity contribution in [2.75, 3.05) is 5.73 Å². The molecule has 0 aliphatic rings. The second kappa shape index (κ2) is 2.70. The summed E-state index contributed by atoms with van der Waals surface area (Å²) in [6.07, 6.45) is 1.87. The zero-order valence-electron chi connectivity index (χ0n) is 7.37. The normalized spacial score (nSPS) is 11.0. The average Bonchev–Trinajstić information content (AvgIpc) is 2.32. The summed E-state index contributed by atoms with van der Waals surface area (Å²) in [6.45, 7) is 3.79. The lowest BCUT2D eigenvalue weighted by molar-refractivity contribution is 1.05. The molecule has 0 aliphatic heterocycles. The number of imidazole rings is 1. The summed E-state index contributed by atoms with van der Waals surface area (Å²) in [5.74, 6) is 0.668. The number of fused-ring (bicyclic) bond motifs is 1. The number of aryl methyl sites for hydroxylation is 2. The van der Waals surface area contributed by atoms with Gasteiger partial charge in [-0.1, -0.05) is 0 Å². The Bertz CT molecular complexity index is 474. The van der Waals surface area contributed by atoms with Crippen LogP contribution >= 0.6 is 15.9 Å². The molecule has 4 nitrogen and oxygen atoms in total. The van der Waals surface area contributed by atoms with Crippen molar-refractivity contribution in [1.29, 1.82) is 0 Å². The molecule has 0 spiro atoms. The molecule has 2 rings (SSSR count). The molecule has 5 heteroatoms. The second-order valence-electron chi connectivity index (χ2n) is 2.95. The molecule has 2 aromatic rings. The first kappa shape index (κ1) is 8.50. The van der Waals surface area contributed by atoms with E-state index in [0.717, 1.165) is 21.6 Å². The molecule has 13 heavy (non-hydrogen) atoms. The van der Waals surface area contributed by atoms with E-state index in [2.05, 4.69) is 25.9 Å². The van der Waals surface area contributed by atoms with Gasteiger partial charge < -0.3 is 5.73 Å². The third-order valence-electron chi connectivity index (χ3n) is 1.91. The van der Waals surface area contributed by atoms with Gasteiger partial charge in [0, 0.05) is 6.20 Å². The second-order valence-corrected chi connectivity index (χ2v) is 3.70. The first-order chi connectivity index (χ1) is 6.09. The Labute approximate surface area is 83.9 Å². The number of nitrogen functional groups attached to an aromatic ring is 1. The van der Waals surface area contributed by atoms with Crippen LogP contribution in [0, 0.1) is 13.8 Å². The van der Waals surface area contributed by atoms with Crippen LogP contribution in [0.3, 0.4) is 0 Å². The fourth-order valence-corrected chi connectivity index (χ4v) is 1.81. The Morgan fingerprint density at radius 1 is 1.38 bits per heavy atom. The van der Waals surface area contributed by atoms with E-state index in [9.17, 15) is 0 Å². The van der Waals surface area contributed by atoms with Gasteiger partial charge in [0.2, 0.25) is 0 Å². The van der Waals surface area contributed by atoms with Gasteiger partial charge in [0.25, 0.3) is 0 Å². The fraction of sp³-hybridized carbons (Fsp3) is 0.250. The third-order valence-corrected chi connectivity index (χ3v) is 2.44. The number of anilines is 1. The molecule has 0 unspecified atom stereocenters. The van der Waals surface area contributed by atoms with Crippen LogP contribution in [0.5, 0.6) is 0 Å². The summed E-state index contributed by atoms with van der Waals surface area (Å²) in [4.78, 5) is 8.52. The zero-order chi connectivity index (χ0) is 9.59. The van der Waals surface area contributed by atoms with Gasteiger partial charge in [-0.25, -0.2) is 9.97 Å². The van der Waals surface area contributed by atoms with E-state index in [1.165, 1.54) is 0 Å². The molecule has 0 saturated carbocycles. The van der Waals surface area contributed by atoms with Crippen molar-refractivity contribution < 1.29 is 0 Å². The predicted octanol–water partition coefficient (Wildman–Crippen LogP) is 1.69. The quantitative estimate of drug-likeness (QED) is 0.763. The maximum Gasteiger partial charge on any atom is 0.172 e. The summed E-state index contributed by atoms with van der Waals surface area (Å²) in [5.41, 5.74) is 8.33. The highest BCUT2D eigenvalue weighted by atomic mass is 79.9. The van der Waals surface area contributed by atoms with Crippen LogP contribution in [0.1, 0.15) is 11.4 Å². The number of hydrogen-bond donors (Lipinski definition) is 1. The molecule has 0 amide bonds. The van der Waals surface area contributed by atoms with E-state index in [-0.39, 0.29) is 0 Å². The Hall–Kier alpha value is -1.10. The predicted molar refractivity (Wildman–Crippen MR) is 54.6 cm³/mol. The molecular formula is C8H9BrN4. The molecule has 0 aliphatic carbocycles. The highest BCUT2D eigenvalue weighted by Gasteiger charge is 2.08. The first-order valence-corrected chi connectivity index (χ1v) is 4.66. The lowest BCUT2D eigenvalue weighted by Crippen LogP contribution is -1.96. The molecule has 0 atom stereocenters. The van der Waals surface area contributed by atoms with Crippen molar-refractivity contribution in [1.82, 2.24) is 14.4 Å². The number of nitrogens with zero attached hydrogens (tertiary/aromatic N) is 3. The van der Waals surface area contributed by atoms with Crippen molar-refractivity contribution in [3.05, 3.63) is 22.2 Å². The van der Waals surface area contributed by atoms with Crippen LogP contribution in [0.15, 0.2) is 10.8 Å².